The maximum absolute atomic E-state index is 4.70. The SMILES string of the molecule is Cc1cccc(-c2nc3ccc(C4CNC4)cc3[nH]2)c1. The van der Waals surface area contributed by atoms with Gasteiger partial charge in [-0.2, -0.15) is 0 Å². The monoisotopic (exact) mass is 263 g/mol. The Bertz CT molecular complexity index is 769. The number of aromatic nitrogens is 2. The summed E-state index contributed by atoms with van der Waals surface area (Å²) in [5, 5.41) is 3.32. The highest BCUT2D eigenvalue weighted by Crippen LogP contribution is 2.26. The van der Waals surface area contributed by atoms with Crippen molar-refractivity contribution in [2.24, 2.45) is 0 Å². The molecular formula is C17H17N3. The second-order valence-electron chi connectivity index (χ2n) is 5.59. The van der Waals surface area contributed by atoms with Crippen molar-refractivity contribution in [1.29, 1.82) is 0 Å². The van der Waals surface area contributed by atoms with Gasteiger partial charge in [0.2, 0.25) is 0 Å². The Hall–Kier alpha value is -2.13. The number of imidazole rings is 1. The maximum atomic E-state index is 4.70. The number of rotatable bonds is 2. The molecule has 3 aromatic rings. The summed E-state index contributed by atoms with van der Waals surface area (Å²) < 4.78 is 0. The van der Waals surface area contributed by atoms with Gasteiger partial charge in [0, 0.05) is 24.6 Å². The molecule has 1 aliphatic heterocycles. The van der Waals surface area contributed by atoms with Crippen LogP contribution in [0.15, 0.2) is 42.5 Å². The molecule has 4 rings (SSSR count). The van der Waals surface area contributed by atoms with Gasteiger partial charge < -0.3 is 10.3 Å². The Balaban J connectivity index is 1.78. The molecule has 20 heavy (non-hydrogen) atoms. The molecule has 1 aliphatic rings. The van der Waals surface area contributed by atoms with Gasteiger partial charge in [-0.25, -0.2) is 4.98 Å². The van der Waals surface area contributed by atoms with Crippen LogP contribution in [0.1, 0.15) is 17.0 Å². The van der Waals surface area contributed by atoms with Gasteiger partial charge in [-0.1, -0.05) is 29.8 Å². The molecule has 1 aromatic heterocycles. The van der Waals surface area contributed by atoms with Gasteiger partial charge in [0.25, 0.3) is 0 Å². The summed E-state index contributed by atoms with van der Waals surface area (Å²) in [6.07, 6.45) is 0. The molecule has 0 atom stereocenters. The summed E-state index contributed by atoms with van der Waals surface area (Å²) in [6.45, 7) is 4.28. The van der Waals surface area contributed by atoms with Crippen LogP contribution < -0.4 is 5.32 Å². The average Bonchev–Trinajstić information content (AvgIpc) is 2.80. The van der Waals surface area contributed by atoms with Crippen molar-refractivity contribution in [2.75, 3.05) is 13.1 Å². The van der Waals surface area contributed by atoms with E-state index in [9.17, 15) is 0 Å². The molecule has 3 nitrogen and oxygen atoms in total. The molecule has 100 valence electrons. The van der Waals surface area contributed by atoms with Crippen LogP contribution in [0.25, 0.3) is 22.4 Å². The number of aryl methyl sites for hydroxylation is 1. The van der Waals surface area contributed by atoms with Crippen LogP contribution in [-0.2, 0) is 0 Å². The molecule has 0 amide bonds. The number of nitrogens with one attached hydrogen (secondary N) is 2. The zero-order valence-corrected chi connectivity index (χ0v) is 11.5. The third-order valence-corrected chi connectivity index (χ3v) is 4.05. The van der Waals surface area contributed by atoms with Gasteiger partial charge in [-0.05, 0) is 30.7 Å². The topological polar surface area (TPSA) is 40.7 Å². The van der Waals surface area contributed by atoms with E-state index in [0.29, 0.717) is 5.92 Å². The van der Waals surface area contributed by atoms with Crippen LogP contribution in [0.5, 0.6) is 0 Å². The van der Waals surface area contributed by atoms with Gasteiger partial charge >= 0.3 is 0 Å². The van der Waals surface area contributed by atoms with Gasteiger partial charge in [0.15, 0.2) is 0 Å². The van der Waals surface area contributed by atoms with Crippen LogP contribution in [0, 0.1) is 6.92 Å². The number of benzene rings is 2. The van der Waals surface area contributed by atoms with Crippen LogP contribution in [0.3, 0.4) is 0 Å². The minimum Gasteiger partial charge on any atom is -0.338 e. The van der Waals surface area contributed by atoms with E-state index in [1.54, 1.807) is 0 Å². The highest BCUT2D eigenvalue weighted by atomic mass is 14.9. The van der Waals surface area contributed by atoms with E-state index in [1.165, 1.54) is 11.1 Å². The van der Waals surface area contributed by atoms with E-state index < -0.39 is 0 Å². The fourth-order valence-corrected chi connectivity index (χ4v) is 2.73. The van der Waals surface area contributed by atoms with Crippen LogP contribution in [-0.4, -0.2) is 23.1 Å². The predicted molar refractivity (Wildman–Crippen MR) is 81.9 cm³/mol. The first-order valence-corrected chi connectivity index (χ1v) is 7.07. The summed E-state index contributed by atoms with van der Waals surface area (Å²) >= 11 is 0. The number of nitrogens with zero attached hydrogens (tertiary/aromatic N) is 1. The number of fused-ring (bicyclic) bond motifs is 1. The lowest BCUT2D eigenvalue weighted by Gasteiger charge is -2.27. The predicted octanol–water partition coefficient (Wildman–Crippen LogP) is 3.23. The fraction of sp³-hybridized carbons (Fsp3) is 0.235. The summed E-state index contributed by atoms with van der Waals surface area (Å²) in [5.41, 5.74) is 5.97. The Morgan fingerprint density at radius 2 is 2.00 bits per heavy atom. The first kappa shape index (κ1) is 11.7. The molecule has 2 heterocycles. The normalized spacial score (nSPS) is 15.4. The number of hydrogen-bond donors (Lipinski definition) is 2. The Morgan fingerprint density at radius 1 is 1.10 bits per heavy atom. The number of aromatic amines is 1. The van der Waals surface area contributed by atoms with Crippen molar-refractivity contribution < 1.29 is 0 Å². The molecule has 0 unspecified atom stereocenters. The minimum absolute atomic E-state index is 0.658. The molecule has 2 aromatic carbocycles. The van der Waals surface area contributed by atoms with Crippen molar-refractivity contribution in [3.05, 3.63) is 53.6 Å². The first-order valence-electron chi connectivity index (χ1n) is 7.07. The summed E-state index contributed by atoms with van der Waals surface area (Å²) in [6, 6.07) is 15.0. The molecule has 0 bridgehead atoms. The standard InChI is InChI=1S/C17H17N3/c1-11-3-2-4-13(7-11)17-19-15-6-5-12(8-16(15)20-17)14-9-18-10-14/h2-8,14,18H,9-10H2,1H3,(H,19,20). The third kappa shape index (κ3) is 1.91. The molecule has 0 spiro atoms. The van der Waals surface area contributed by atoms with E-state index in [4.69, 9.17) is 4.98 Å². The lowest BCUT2D eigenvalue weighted by atomic mass is 9.93. The molecule has 0 radical (unpaired) electrons. The minimum atomic E-state index is 0.658. The van der Waals surface area contributed by atoms with Crippen LogP contribution in [0.2, 0.25) is 0 Å². The Morgan fingerprint density at radius 3 is 2.75 bits per heavy atom. The largest absolute Gasteiger partial charge is 0.338 e. The van der Waals surface area contributed by atoms with Gasteiger partial charge in [0.05, 0.1) is 11.0 Å². The smallest absolute Gasteiger partial charge is 0.138 e. The van der Waals surface area contributed by atoms with E-state index in [0.717, 1.165) is 35.5 Å². The van der Waals surface area contributed by atoms with Gasteiger partial charge in [-0.3, -0.25) is 0 Å². The first-order chi connectivity index (χ1) is 9.79. The molecule has 0 saturated carbocycles. The van der Waals surface area contributed by atoms with E-state index in [-0.39, 0.29) is 0 Å². The fourth-order valence-electron chi connectivity index (χ4n) is 2.73. The Kier molecular flexibility index (Phi) is 2.60. The molecule has 0 aliphatic carbocycles. The average molecular weight is 263 g/mol. The Labute approximate surface area is 118 Å². The number of hydrogen-bond acceptors (Lipinski definition) is 2. The second-order valence-corrected chi connectivity index (χ2v) is 5.59. The highest BCUT2D eigenvalue weighted by Gasteiger charge is 2.19. The molecule has 1 saturated heterocycles. The van der Waals surface area contributed by atoms with Crippen molar-refractivity contribution >= 4 is 11.0 Å². The summed E-state index contributed by atoms with van der Waals surface area (Å²) in [5.74, 6) is 1.61. The summed E-state index contributed by atoms with van der Waals surface area (Å²) in [7, 11) is 0. The zero-order chi connectivity index (χ0) is 13.5. The third-order valence-electron chi connectivity index (χ3n) is 4.05. The highest BCUT2D eigenvalue weighted by molar-refractivity contribution is 5.80. The quantitative estimate of drug-likeness (QED) is 0.745. The number of H-pyrrole nitrogens is 1. The lowest BCUT2D eigenvalue weighted by molar-refractivity contribution is 0.449. The van der Waals surface area contributed by atoms with Crippen LogP contribution in [0.4, 0.5) is 0 Å². The lowest BCUT2D eigenvalue weighted by Crippen LogP contribution is -2.39. The zero-order valence-electron chi connectivity index (χ0n) is 11.5. The van der Waals surface area contributed by atoms with Gasteiger partial charge in [0.1, 0.15) is 5.82 Å². The summed E-state index contributed by atoms with van der Waals surface area (Å²) in [4.78, 5) is 8.15. The van der Waals surface area contributed by atoms with Crippen molar-refractivity contribution in [1.82, 2.24) is 15.3 Å². The van der Waals surface area contributed by atoms with E-state index in [1.807, 2.05) is 0 Å². The molecule has 3 heteroatoms. The van der Waals surface area contributed by atoms with Crippen molar-refractivity contribution in [3.8, 4) is 11.4 Å². The second kappa shape index (κ2) is 4.46. The van der Waals surface area contributed by atoms with Crippen molar-refractivity contribution in [2.45, 2.75) is 12.8 Å². The molecule has 1 fully saturated rings. The molecular weight excluding hydrogens is 246 g/mol. The van der Waals surface area contributed by atoms with E-state index >= 15 is 0 Å². The maximum Gasteiger partial charge on any atom is 0.138 e. The van der Waals surface area contributed by atoms with Crippen LogP contribution >= 0.6 is 0 Å². The van der Waals surface area contributed by atoms with Crippen molar-refractivity contribution in [3.63, 3.8) is 0 Å². The van der Waals surface area contributed by atoms with Gasteiger partial charge in [-0.15, -0.1) is 0 Å². The molecule has 2 N–H and O–H groups in total. The van der Waals surface area contributed by atoms with E-state index in [2.05, 4.69) is 59.7 Å².